The Labute approximate surface area is 164 Å². The molecule has 27 heavy (non-hydrogen) atoms. The normalized spacial score (nSPS) is 10.3. The summed E-state index contributed by atoms with van der Waals surface area (Å²) in [5, 5.41) is 5.61. The van der Waals surface area contributed by atoms with Crippen LogP contribution in [0, 0.1) is 13.8 Å². The maximum atomic E-state index is 12.0. The van der Waals surface area contributed by atoms with Crippen molar-refractivity contribution < 1.29 is 14.3 Å². The van der Waals surface area contributed by atoms with E-state index in [9.17, 15) is 9.59 Å². The van der Waals surface area contributed by atoms with Crippen molar-refractivity contribution in [1.82, 2.24) is 10.6 Å². The fourth-order valence-corrected chi connectivity index (χ4v) is 3.32. The third kappa shape index (κ3) is 6.98. The van der Waals surface area contributed by atoms with Crippen LogP contribution in [0.15, 0.2) is 47.4 Å². The number of thioether (sulfide) groups is 1. The maximum Gasteiger partial charge on any atom is 0.251 e. The molecule has 0 aliphatic carbocycles. The summed E-state index contributed by atoms with van der Waals surface area (Å²) < 4.78 is 5.06. The highest BCUT2D eigenvalue weighted by Gasteiger charge is 2.06. The van der Waals surface area contributed by atoms with Gasteiger partial charge in [-0.2, -0.15) is 0 Å². The fourth-order valence-electron chi connectivity index (χ4n) is 2.38. The quantitative estimate of drug-likeness (QED) is 0.512. The lowest BCUT2D eigenvalue weighted by Gasteiger charge is -2.08. The van der Waals surface area contributed by atoms with E-state index in [-0.39, 0.29) is 11.8 Å². The van der Waals surface area contributed by atoms with Gasteiger partial charge in [-0.25, -0.2) is 0 Å². The number of rotatable bonds is 9. The Bertz CT molecular complexity index is 775. The predicted molar refractivity (Wildman–Crippen MR) is 110 cm³/mol. The highest BCUT2D eigenvalue weighted by molar-refractivity contribution is 7.99. The monoisotopic (exact) mass is 386 g/mol. The minimum Gasteiger partial charge on any atom is -0.497 e. The van der Waals surface area contributed by atoms with Gasteiger partial charge in [0.2, 0.25) is 5.91 Å². The van der Waals surface area contributed by atoms with Gasteiger partial charge in [0, 0.05) is 35.7 Å². The standard InChI is InChI=1S/C21H26N2O3S/c1-15-4-9-19(14-16(15)2)27-13-10-20(24)22-11-12-23-21(25)17-5-7-18(26-3)8-6-17/h4-9,14H,10-13H2,1-3H3,(H,22,24)(H,23,25). The van der Waals surface area contributed by atoms with E-state index < -0.39 is 0 Å². The Morgan fingerprint density at radius 3 is 2.33 bits per heavy atom. The van der Waals surface area contributed by atoms with Crippen molar-refractivity contribution in [2.45, 2.75) is 25.2 Å². The van der Waals surface area contributed by atoms with Crippen molar-refractivity contribution in [3.63, 3.8) is 0 Å². The summed E-state index contributed by atoms with van der Waals surface area (Å²) in [7, 11) is 1.58. The first-order valence-corrected chi connectivity index (χ1v) is 9.87. The summed E-state index contributed by atoms with van der Waals surface area (Å²) >= 11 is 1.68. The zero-order valence-corrected chi connectivity index (χ0v) is 16.8. The number of hydrogen-bond donors (Lipinski definition) is 2. The van der Waals surface area contributed by atoms with E-state index in [1.54, 1.807) is 43.1 Å². The average Bonchev–Trinajstić information content (AvgIpc) is 2.68. The number of benzene rings is 2. The average molecular weight is 387 g/mol. The molecule has 5 nitrogen and oxygen atoms in total. The Hall–Kier alpha value is -2.47. The maximum absolute atomic E-state index is 12.0. The van der Waals surface area contributed by atoms with Gasteiger partial charge in [-0.05, 0) is 61.4 Å². The number of nitrogens with one attached hydrogen (secondary N) is 2. The van der Waals surface area contributed by atoms with Crippen molar-refractivity contribution in [2.75, 3.05) is 26.0 Å². The summed E-state index contributed by atoms with van der Waals surface area (Å²) in [6.45, 7) is 4.98. The first-order chi connectivity index (χ1) is 13.0. The van der Waals surface area contributed by atoms with Crippen LogP contribution in [0.2, 0.25) is 0 Å². The van der Waals surface area contributed by atoms with Gasteiger partial charge >= 0.3 is 0 Å². The summed E-state index contributed by atoms with van der Waals surface area (Å²) in [6, 6.07) is 13.2. The van der Waals surface area contributed by atoms with E-state index in [0.717, 1.165) is 5.75 Å². The third-order valence-corrected chi connectivity index (χ3v) is 5.16. The second-order valence-electron chi connectivity index (χ2n) is 6.18. The first-order valence-electron chi connectivity index (χ1n) is 8.88. The van der Waals surface area contributed by atoms with Gasteiger partial charge in [0.1, 0.15) is 5.75 Å². The Balaban J connectivity index is 1.61. The Kier molecular flexibility index (Phi) is 8.20. The lowest BCUT2D eigenvalue weighted by molar-refractivity contribution is -0.120. The lowest BCUT2D eigenvalue weighted by Crippen LogP contribution is -2.34. The van der Waals surface area contributed by atoms with Crippen LogP contribution in [0.4, 0.5) is 0 Å². The van der Waals surface area contributed by atoms with Crippen LogP contribution in [0.5, 0.6) is 5.75 Å². The van der Waals surface area contributed by atoms with E-state index in [1.807, 2.05) is 0 Å². The minimum absolute atomic E-state index is 0.00923. The van der Waals surface area contributed by atoms with E-state index in [0.29, 0.717) is 30.8 Å². The van der Waals surface area contributed by atoms with Crippen molar-refractivity contribution in [3.8, 4) is 5.75 Å². The molecule has 0 fully saturated rings. The van der Waals surface area contributed by atoms with Gasteiger partial charge in [0.05, 0.1) is 7.11 Å². The second-order valence-corrected chi connectivity index (χ2v) is 7.35. The molecule has 2 aromatic rings. The zero-order chi connectivity index (χ0) is 19.6. The van der Waals surface area contributed by atoms with E-state index in [2.05, 4.69) is 42.7 Å². The highest BCUT2D eigenvalue weighted by Crippen LogP contribution is 2.21. The number of amides is 2. The van der Waals surface area contributed by atoms with Crippen LogP contribution in [0.3, 0.4) is 0 Å². The van der Waals surface area contributed by atoms with Crippen LogP contribution in [-0.2, 0) is 4.79 Å². The van der Waals surface area contributed by atoms with Gasteiger partial charge in [-0.3, -0.25) is 9.59 Å². The summed E-state index contributed by atoms with van der Waals surface area (Å²) in [6.07, 6.45) is 0.448. The molecule has 0 unspecified atom stereocenters. The molecule has 0 bridgehead atoms. The number of aryl methyl sites for hydroxylation is 2. The van der Waals surface area contributed by atoms with Crippen molar-refractivity contribution in [3.05, 3.63) is 59.2 Å². The van der Waals surface area contributed by atoms with Crippen molar-refractivity contribution in [1.29, 1.82) is 0 Å². The molecule has 2 amide bonds. The topological polar surface area (TPSA) is 67.4 Å². The number of methoxy groups -OCH3 is 1. The molecule has 144 valence electrons. The summed E-state index contributed by atoms with van der Waals surface area (Å²) in [5.41, 5.74) is 3.10. The molecule has 0 aromatic heterocycles. The van der Waals surface area contributed by atoms with Crippen LogP contribution >= 0.6 is 11.8 Å². The molecule has 2 aromatic carbocycles. The molecule has 0 saturated carbocycles. The Morgan fingerprint density at radius 2 is 1.67 bits per heavy atom. The molecule has 0 aliphatic heterocycles. The first kappa shape index (κ1) is 20.8. The van der Waals surface area contributed by atoms with Crippen LogP contribution in [0.1, 0.15) is 27.9 Å². The SMILES string of the molecule is COc1ccc(C(=O)NCCNC(=O)CCSc2ccc(C)c(C)c2)cc1. The number of hydrogen-bond acceptors (Lipinski definition) is 4. The van der Waals surface area contributed by atoms with E-state index in [1.165, 1.54) is 16.0 Å². The molecule has 0 radical (unpaired) electrons. The van der Waals surface area contributed by atoms with Gasteiger partial charge in [0.25, 0.3) is 5.91 Å². The highest BCUT2D eigenvalue weighted by atomic mass is 32.2. The van der Waals surface area contributed by atoms with Crippen molar-refractivity contribution in [2.24, 2.45) is 0 Å². The molecule has 2 N–H and O–H groups in total. The number of ether oxygens (including phenoxy) is 1. The van der Waals surface area contributed by atoms with Crippen LogP contribution in [-0.4, -0.2) is 37.8 Å². The van der Waals surface area contributed by atoms with Gasteiger partial charge in [-0.15, -0.1) is 11.8 Å². The largest absolute Gasteiger partial charge is 0.497 e. The number of carbonyl (C=O) groups is 2. The predicted octanol–water partition coefficient (Wildman–Crippen LogP) is 3.34. The lowest BCUT2D eigenvalue weighted by atomic mass is 10.1. The van der Waals surface area contributed by atoms with Crippen LogP contribution in [0.25, 0.3) is 0 Å². The van der Waals surface area contributed by atoms with E-state index in [4.69, 9.17) is 4.74 Å². The molecule has 0 atom stereocenters. The smallest absolute Gasteiger partial charge is 0.251 e. The molecular formula is C21H26N2O3S. The van der Waals surface area contributed by atoms with E-state index >= 15 is 0 Å². The zero-order valence-electron chi connectivity index (χ0n) is 16.0. The van der Waals surface area contributed by atoms with Gasteiger partial charge < -0.3 is 15.4 Å². The second kappa shape index (κ2) is 10.6. The van der Waals surface area contributed by atoms with Gasteiger partial charge in [0.15, 0.2) is 0 Å². The molecule has 0 heterocycles. The molecular weight excluding hydrogens is 360 g/mol. The molecule has 6 heteroatoms. The van der Waals surface area contributed by atoms with Crippen molar-refractivity contribution >= 4 is 23.6 Å². The molecule has 0 spiro atoms. The van der Waals surface area contributed by atoms with Gasteiger partial charge in [-0.1, -0.05) is 6.07 Å². The molecule has 0 aliphatic rings. The van der Waals surface area contributed by atoms with Crippen LogP contribution < -0.4 is 15.4 Å². The minimum atomic E-state index is -0.169. The Morgan fingerprint density at radius 1 is 0.963 bits per heavy atom. The summed E-state index contributed by atoms with van der Waals surface area (Å²) in [4.78, 5) is 25.1. The summed E-state index contributed by atoms with van der Waals surface area (Å²) in [5.74, 6) is 1.26. The fraction of sp³-hybridized carbons (Fsp3) is 0.333. The molecule has 0 saturated heterocycles. The number of carbonyl (C=O) groups excluding carboxylic acids is 2. The third-order valence-electron chi connectivity index (χ3n) is 4.16. The molecule has 2 rings (SSSR count).